The van der Waals surface area contributed by atoms with E-state index in [2.05, 4.69) is 0 Å². The van der Waals surface area contributed by atoms with Crippen LogP contribution in [0, 0.1) is 6.92 Å². The predicted molar refractivity (Wildman–Crippen MR) is 62.5 cm³/mol. The molecule has 0 unspecified atom stereocenters. The van der Waals surface area contributed by atoms with E-state index >= 15 is 0 Å². The molecule has 0 heterocycles. The van der Waals surface area contributed by atoms with Crippen molar-refractivity contribution >= 4 is 9.84 Å². The highest BCUT2D eigenvalue weighted by molar-refractivity contribution is 7.95. The Morgan fingerprint density at radius 1 is 1.31 bits per heavy atom. The molecule has 1 aromatic carbocycles. The first kappa shape index (κ1) is 12.9. The van der Waals surface area contributed by atoms with Gasteiger partial charge in [0.15, 0.2) is 0 Å². The zero-order valence-electron chi connectivity index (χ0n) is 9.40. The smallest absolute Gasteiger partial charge is 0.216 e. The van der Waals surface area contributed by atoms with Crippen LogP contribution in [0.3, 0.4) is 0 Å². The second-order valence-corrected chi connectivity index (χ2v) is 5.48. The molecule has 1 rings (SSSR count). The van der Waals surface area contributed by atoms with Crippen molar-refractivity contribution in [3.8, 4) is 0 Å². The molecule has 0 radical (unpaired) electrons. The van der Waals surface area contributed by atoms with Crippen molar-refractivity contribution in [1.82, 2.24) is 0 Å². The molecule has 0 aliphatic rings. The van der Waals surface area contributed by atoms with Gasteiger partial charge in [-0.2, -0.15) is 4.39 Å². The molecule has 0 aromatic heterocycles. The maximum Gasteiger partial charge on any atom is 0.232 e. The summed E-state index contributed by atoms with van der Waals surface area (Å²) in [5, 5.41) is -1.06. The first-order valence-electron chi connectivity index (χ1n) is 5.16. The monoisotopic (exact) mass is 242 g/mol. The summed E-state index contributed by atoms with van der Waals surface area (Å²) in [7, 11) is -3.93. The van der Waals surface area contributed by atoms with Crippen LogP contribution in [-0.4, -0.2) is 8.42 Å². The lowest BCUT2D eigenvalue weighted by Gasteiger charge is -2.02. The van der Waals surface area contributed by atoms with Gasteiger partial charge in [-0.25, -0.2) is 8.42 Å². The SMILES string of the molecule is CCC/C=C(/F)S(=O)(=O)c1ccc(C)cc1. The molecule has 4 heteroatoms. The highest BCUT2D eigenvalue weighted by Gasteiger charge is 2.19. The lowest BCUT2D eigenvalue weighted by atomic mass is 10.2. The molecule has 88 valence electrons. The predicted octanol–water partition coefficient (Wildman–Crippen LogP) is 3.38. The molecule has 0 atom stereocenters. The molecule has 0 fully saturated rings. The van der Waals surface area contributed by atoms with Crippen molar-refractivity contribution in [3.05, 3.63) is 41.1 Å². The summed E-state index contributed by atoms with van der Waals surface area (Å²) in [5.41, 5.74) is 0.942. The zero-order chi connectivity index (χ0) is 12.2. The summed E-state index contributed by atoms with van der Waals surface area (Å²) in [4.78, 5) is 0.00273. The Balaban J connectivity index is 3.07. The summed E-state index contributed by atoms with van der Waals surface area (Å²) in [6, 6.07) is 6.15. The maximum atomic E-state index is 13.4. The van der Waals surface area contributed by atoms with E-state index in [0.29, 0.717) is 6.42 Å². The van der Waals surface area contributed by atoms with Crippen LogP contribution in [0.4, 0.5) is 4.39 Å². The summed E-state index contributed by atoms with van der Waals surface area (Å²) >= 11 is 0. The number of rotatable bonds is 4. The van der Waals surface area contributed by atoms with Crippen LogP contribution in [0.2, 0.25) is 0 Å². The molecule has 0 saturated carbocycles. The molecule has 0 saturated heterocycles. The third-order valence-electron chi connectivity index (χ3n) is 2.18. The van der Waals surface area contributed by atoms with E-state index in [1.54, 1.807) is 12.1 Å². The molecule has 0 spiro atoms. The Hall–Kier alpha value is -1.16. The Bertz CT molecular complexity index is 472. The molecular weight excluding hydrogens is 227 g/mol. The molecule has 0 bridgehead atoms. The third kappa shape index (κ3) is 2.92. The van der Waals surface area contributed by atoms with Gasteiger partial charge in [0.2, 0.25) is 15.0 Å². The number of allylic oxidation sites excluding steroid dienone is 1. The van der Waals surface area contributed by atoms with E-state index < -0.39 is 15.0 Å². The van der Waals surface area contributed by atoms with Gasteiger partial charge in [-0.15, -0.1) is 0 Å². The second kappa shape index (κ2) is 5.25. The number of aryl methyl sites for hydroxylation is 1. The first-order valence-corrected chi connectivity index (χ1v) is 6.64. The fourth-order valence-corrected chi connectivity index (χ4v) is 2.25. The minimum atomic E-state index is -3.93. The highest BCUT2D eigenvalue weighted by Crippen LogP contribution is 2.21. The van der Waals surface area contributed by atoms with Gasteiger partial charge in [-0.3, -0.25) is 0 Å². The number of unbranched alkanes of at least 4 members (excludes halogenated alkanes) is 1. The number of halogens is 1. The maximum absolute atomic E-state index is 13.4. The van der Waals surface area contributed by atoms with Gasteiger partial charge in [0.05, 0.1) is 4.90 Å². The topological polar surface area (TPSA) is 34.1 Å². The van der Waals surface area contributed by atoms with Crippen LogP contribution in [0.1, 0.15) is 25.3 Å². The van der Waals surface area contributed by atoms with Crippen molar-refractivity contribution in [1.29, 1.82) is 0 Å². The van der Waals surface area contributed by atoms with Gasteiger partial charge in [0.1, 0.15) is 0 Å². The fraction of sp³-hybridized carbons (Fsp3) is 0.333. The summed E-state index contributed by atoms with van der Waals surface area (Å²) in [5.74, 6) is 0. The average Bonchev–Trinajstić information content (AvgIpc) is 2.26. The van der Waals surface area contributed by atoms with Crippen LogP contribution < -0.4 is 0 Å². The number of benzene rings is 1. The standard InChI is InChI=1S/C12H15FO2S/c1-3-4-5-12(13)16(14,15)11-8-6-10(2)7-9-11/h5-9H,3-4H2,1-2H3/b12-5-. The molecule has 1 aromatic rings. The molecular formula is C12H15FO2S. The Morgan fingerprint density at radius 2 is 1.88 bits per heavy atom. The molecule has 0 N–H and O–H groups in total. The van der Waals surface area contributed by atoms with Crippen molar-refractivity contribution in [2.75, 3.05) is 0 Å². The van der Waals surface area contributed by atoms with Crippen LogP contribution in [0.15, 0.2) is 40.4 Å². The number of sulfone groups is 1. The van der Waals surface area contributed by atoms with Gasteiger partial charge in [0.25, 0.3) is 0 Å². The largest absolute Gasteiger partial charge is 0.232 e. The molecule has 16 heavy (non-hydrogen) atoms. The van der Waals surface area contributed by atoms with Crippen LogP contribution >= 0.6 is 0 Å². The van der Waals surface area contributed by atoms with Crippen LogP contribution in [0.25, 0.3) is 0 Å². The number of hydrogen-bond acceptors (Lipinski definition) is 2. The van der Waals surface area contributed by atoms with Crippen LogP contribution in [-0.2, 0) is 9.84 Å². The van der Waals surface area contributed by atoms with Gasteiger partial charge in [0, 0.05) is 0 Å². The van der Waals surface area contributed by atoms with Crippen molar-refractivity contribution < 1.29 is 12.8 Å². The Labute approximate surface area is 95.7 Å². The zero-order valence-corrected chi connectivity index (χ0v) is 10.2. The lowest BCUT2D eigenvalue weighted by Crippen LogP contribution is -2.01. The van der Waals surface area contributed by atoms with Gasteiger partial charge in [-0.05, 0) is 31.6 Å². The Morgan fingerprint density at radius 3 is 2.38 bits per heavy atom. The molecule has 0 aliphatic heterocycles. The van der Waals surface area contributed by atoms with E-state index in [1.165, 1.54) is 12.1 Å². The normalized spacial score (nSPS) is 12.8. The van der Waals surface area contributed by atoms with Gasteiger partial charge < -0.3 is 0 Å². The quantitative estimate of drug-likeness (QED) is 0.811. The summed E-state index contributed by atoms with van der Waals surface area (Å²) < 4.78 is 36.8. The second-order valence-electron chi connectivity index (χ2n) is 3.61. The van der Waals surface area contributed by atoms with Crippen molar-refractivity contribution in [3.63, 3.8) is 0 Å². The summed E-state index contributed by atoms with van der Waals surface area (Å²) in [6.45, 7) is 3.71. The molecule has 0 aliphatic carbocycles. The van der Waals surface area contributed by atoms with E-state index in [0.717, 1.165) is 18.1 Å². The lowest BCUT2D eigenvalue weighted by molar-refractivity contribution is 0.575. The summed E-state index contributed by atoms with van der Waals surface area (Å²) in [6.07, 6.45) is 2.27. The van der Waals surface area contributed by atoms with Gasteiger partial charge >= 0.3 is 0 Å². The van der Waals surface area contributed by atoms with E-state index in [9.17, 15) is 12.8 Å². The Kier molecular flexibility index (Phi) is 4.24. The molecule has 0 amide bonds. The first-order chi connectivity index (χ1) is 7.48. The minimum Gasteiger partial charge on any atom is -0.216 e. The van der Waals surface area contributed by atoms with E-state index in [1.807, 2.05) is 13.8 Å². The fourth-order valence-electron chi connectivity index (χ4n) is 1.20. The molecule has 2 nitrogen and oxygen atoms in total. The minimum absolute atomic E-state index is 0.00273. The van der Waals surface area contributed by atoms with Crippen LogP contribution in [0.5, 0.6) is 0 Å². The van der Waals surface area contributed by atoms with E-state index in [4.69, 9.17) is 0 Å². The van der Waals surface area contributed by atoms with E-state index in [-0.39, 0.29) is 4.90 Å². The van der Waals surface area contributed by atoms with Crippen molar-refractivity contribution in [2.24, 2.45) is 0 Å². The van der Waals surface area contributed by atoms with Crippen molar-refractivity contribution in [2.45, 2.75) is 31.6 Å². The third-order valence-corrected chi connectivity index (χ3v) is 3.75. The van der Waals surface area contributed by atoms with Gasteiger partial charge in [-0.1, -0.05) is 31.0 Å². The number of hydrogen-bond donors (Lipinski definition) is 0. The highest BCUT2D eigenvalue weighted by atomic mass is 32.2. The average molecular weight is 242 g/mol.